The van der Waals surface area contributed by atoms with E-state index in [4.69, 9.17) is 5.73 Å². The van der Waals surface area contributed by atoms with Crippen molar-refractivity contribution in [1.82, 2.24) is 0 Å². The van der Waals surface area contributed by atoms with Crippen LogP contribution in [0.4, 0.5) is 0 Å². The largest absolute Gasteiger partial charge is 0.321 e. The molecular weight excluding hydrogens is 226 g/mol. The van der Waals surface area contributed by atoms with Gasteiger partial charge in [0.15, 0.2) is 11.6 Å². The summed E-state index contributed by atoms with van der Waals surface area (Å²) in [5, 5.41) is 0. The summed E-state index contributed by atoms with van der Waals surface area (Å²) < 4.78 is 0. The predicted octanol–water partition coefficient (Wildman–Crippen LogP) is 2.04. The van der Waals surface area contributed by atoms with E-state index in [1.165, 1.54) is 0 Å². The molecule has 18 heavy (non-hydrogen) atoms. The molecule has 1 aromatic carbocycles. The highest BCUT2D eigenvalue weighted by molar-refractivity contribution is 6.28. The van der Waals surface area contributed by atoms with Crippen molar-refractivity contribution in [2.75, 3.05) is 0 Å². The van der Waals surface area contributed by atoms with E-state index >= 15 is 0 Å². The molecule has 0 saturated heterocycles. The monoisotopic (exact) mass is 239 g/mol. The van der Waals surface area contributed by atoms with Gasteiger partial charge >= 0.3 is 0 Å². The Labute approximate surface area is 105 Å². The van der Waals surface area contributed by atoms with Gasteiger partial charge < -0.3 is 5.73 Å². The summed E-state index contributed by atoms with van der Waals surface area (Å²) in [6.07, 6.45) is 4.16. The minimum absolute atomic E-state index is 0.104. The highest BCUT2D eigenvalue weighted by Crippen LogP contribution is 2.36. The SMILES string of the molecule is CC1(N)CC=CC2=C1C(=O)c1ccccc1C2=O. The van der Waals surface area contributed by atoms with Gasteiger partial charge in [-0.1, -0.05) is 36.4 Å². The molecular formula is C15H13NO2. The molecule has 0 aromatic heterocycles. The van der Waals surface area contributed by atoms with Gasteiger partial charge in [0.05, 0.1) is 0 Å². The summed E-state index contributed by atoms with van der Waals surface area (Å²) in [7, 11) is 0. The van der Waals surface area contributed by atoms with Crippen molar-refractivity contribution >= 4 is 11.6 Å². The van der Waals surface area contributed by atoms with Gasteiger partial charge in [-0.3, -0.25) is 9.59 Å². The van der Waals surface area contributed by atoms with Gasteiger partial charge in [0.2, 0.25) is 0 Å². The van der Waals surface area contributed by atoms with Gasteiger partial charge in [0, 0.05) is 27.8 Å². The van der Waals surface area contributed by atoms with Crippen LogP contribution in [-0.4, -0.2) is 17.1 Å². The Balaban J connectivity index is 2.30. The fourth-order valence-electron chi connectivity index (χ4n) is 2.64. The molecule has 2 N–H and O–H groups in total. The molecule has 1 aromatic rings. The minimum Gasteiger partial charge on any atom is -0.321 e. The van der Waals surface area contributed by atoms with Crippen LogP contribution in [0.1, 0.15) is 34.1 Å². The van der Waals surface area contributed by atoms with E-state index in [0.29, 0.717) is 28.7 Å². The smallest absolute Gasteiger partial charge is 0.194 e. The summed E-state index contributed by atoms with van der Waals surface area (Å²) in [5.41, 5.74) is 7.25. The number of allylic oxidation sites excluding steroid dienone is 2. The normalized spacial score (nSPS) is 26.1. The maximum absolute atomic E-state index is 12.5. The summed E-state index contributed by atoms with van der Waals surface area (Å²) in [4.78, 5) is 24.9. The Kier molecular flexibility index (Phi) is 2.16. The van der Waals surface area contributed by atoms with Gasteiger partial charge in [-0.05, 0) is 13.3 Å². The van der Waals surface area contributed by atoms with Crippen LogP contribution >= 0.6 is 0 Å². The molecule has 3 nitrogen and oxygen atoms in total. The third kappa shape index (κ3) is 1.34. The van der Waals surface area contributed by atoms with Crippen LogP contribution in [0, 0.1) is 0 Å². The van der Waals surface area contributed by atoms with Crippen molar-refractivity contribution in [3.05, 3.63) is 58.7 Å². The minimum atomic E-state index is -0.760. The molecule has 90 valence electrons. The zero-order chi connectivity index (χ0) is 12.9. The van der Waals surface area contributed by atoms with Crippen molar-refractivity contribution in [3.63, 3.8) is 0 Å². The summed E-state index contributed by atoms with van der Waals surface area (Å²) in [5.74, 6) is -0.220. The van der Waals surface area contributed by atoms with Crippen molar-refractivity contribution in [2.45, 2.75) is 18.9 Å². The number of hydrogen-bond donors (Lipinski definition) is 1. The lowest BCUT2D eigenvalue weighted by molar-refractivity contribution is 0.0964. The van der Waals surface area contributed by atoms with E-state index in [-0.39, 0.29) is 11.6 Å². The Morgan fingerprint density at radius 2 is 1.72 bits per heavy atom. The highest BCUT2D eigenvalue weighted by Gasteiger charge is 2.40. The third-order valence-corrected chi connectivity index (χ3v) is 3.55. The number of nitrogens with two attached hydrogens (primary N) is 1. The molecule has 0 heterocycles. The Hall–Kier alpha value is -2.00. The van der Waals surface area contributed by atoms with Crippen molar-refractivity contribution in [3.8, 4) is 0 Å². The number of fused-ring (bicyclic) bond motifs is 1. The summed E-state index contributed by atoms with van der Waals surface area (Å²) in [6, 6.07) is 6.91. The number of hydrogen-bond acceptors (Lipinski definition) is 3. The van der Waals surface area contributed by atoms with Crippen LogP contribution < -0.4 is 5.73 Å². The van der Waals surface area contributed by atoms with E-state index in [0.717, 1.165) is 0 Å². The Morgan fingerprint density at radius 1 is 1.11 bits per heavy atom. The zero-order valence-electron chi connectivity index (χ0n) is 10.1. The third-order valence-electron chi connectivity index (χ3n) is 3.55. The first-order valence-corrected chi connectivity index (χ1v) is 5.91. The summed E-state index contributed by atoms with van der Waals surface area (Å²) in [6.45, 7) is 1.80. The van der Waals surface area contributed by atoms with Gasteiger partial charge in [0.1, 0.15) is 0 Å². The molecule has 3 rings (SSSR count). The second-order valence-electron chi connectivity index (χ2n) is 5.02. The number of Topliss-reactive ketones (excluding diaryl/α,β-unsaturated/α-hetero) is 2. The van der Waals surface area contributed by atoms with E-state index in [2.05, 4.69) is 0 Å². The molecule has 0 spiro atoms. The van der Waals surface area contributed by atoms with Crippen molar-refractivity contribution in [2.24, 2.45) is 5.73 Å². The predicted molar refractivity (Wildman–Crippen MR) is 68.5 cm³/mol. The average Bonchev–Trinajstić information content (AvgIpc) is 2.35. The maximum Gasteiger partial charge on any atom is 0.194 e. The van der Waals surface area contributed by atoms with E-state index in [9.17, 15) is 9.59 Å². The summed E-state index contributed by atoms with van der Waals surface area (Å²) >= 11 is 0. The quantitative estimate of drug-likeness (QED) is 0.753. The second kappa shape index (κ2) is 3.50. The number of rotatable bonds is 0. The first-order chi connectivity index (χ1) is 8.52. The van der Waals surface area contributed by atoms with Crippen LogP contribution in [0.25, 0.3) is 0 Å². The standard InChI is InChI=1S/C15H13NO2/c1-15(16)8-4-7-11-12(15)14(18)10-6-3-2-5-9(10)13(11)17/h2-7H,8,16H2,1H3. The van der Waals surface area contributed by atoms with Crippen molar-refractivity contribution in [1.29, 1.82) is 0 Å². The van der Waals surface area contributed by atoms with Crippen LogP contribution in [0.2, 0.25) is 0 Å². The molecule has 0 aliphatic heterocycles. The fraction of sp³-hybridized carbons (Fsp3) is 0.200. The van der Waals surface area contributed by atoms with Crippen molar-refractivity contribution < 1.29 is 9.59 Å². The number of carbonyl (C=O) groups excluding carboxylic acids is 2. The first-order valence-electron chi connectivity index (χ1n) is 5.91. The van der Waals surface area contributed by atoms with Crippen LogP contribution in [0.15, 0.2) is 47.6 Å². The number of carbonyl (C=O) groups is 2. The van der Waals surface area contributed by atoms with Gasteiger partial charge in [0.25, 0.3) is 0 Å². The topological polar surface area (TPSA) is 60.2 Å². The molecule has 1 atom stereocenters. The molecule has 3 heteroatoms. The molecule has 1 unspecified atom stereocenters. The van der Waals surface area contributed by atoms with E-state index < -0.39 is 5.54 Å². The van der Waals surface area contributed by atoms with Gasteiger partial charge in [-0.25, -0.2) is 0 Å². The molecule has 0 saturated carbocycles. The lowest BCUT2D eigenvalue weighted by Crippen LogP contribution is -2.45. The average molecular weight is 239 g/mol. The second-order valence-corrected chi connectivity index (χ2v) is 5.02. The van der Waals surface area contributed by atoms with Gasteiger partial charge in [-0.15, -0.1) is 0 Å². The molecule has 2 aliphatic carbocycles. The number of benzene rings is 1. The Bertz CT molecular complexity index is 636. The fourth-order valence-corrected chi connectivity index (χ4v) is 2.64. The van der Waals surface area contributed by atoms with Gasteiger partial charge in [-0.2, -0.15) is 0 Å². The zero-order valence-corrected chi connectivity index (χ0v) is 10.1. The Morgan fingerprint density at radius 3 is 2.39 bits per heavy atom. The van der Waals surface area contributed by atoms with Crippen LogP contribution in [0.3, 0.4) is 0 Å². The lowest BCUT2D eigenvalue weighted by atomic mass is 9.72. The lowest BCUT2D eigenvalue weighted by Gasteiger charge is -2.33. The number of ketones is 2. The maximum atomic E-state index is 12.5. The van der Waals surface area contributed by atoms with E-state index in [1.807, 2.05) is 6.08 Å². The van der Waals surface area contributed by atoms with E-state index in [1.54, 1.807) is 37.3 Å². The molecule has 2 aliphatic rings. The molecule has 0 radical (unpaired) electrons. The molecule has 0 bridgehead atoms. The first kappa shape index (κ1) is 11.1. The highest BCUT2D eigenvalue weighted by atomic mass is 16.1. The molecule has 0 fully saturated rings. The van der Waals surface area contributed by atoms with Crippen LogP contribution in [-0.2, 0) is 0 Å². The van der Waals surface area contributed by atoms with Crippen LogP contribution in [0.5, 0.6) is 0 Å². The molecule has 0 amide bonds.